The van der Waals surface area contributed by atoms with Crippen molar-refractivity contribution in [2.24, 2.45) is 0 Å². The number of likely N-dealkylation sites (tertiary alicyclic amines) is 1. The van der Waals surface area contributed by atoms with E-state index < -0.39 is 0 Å². The summed E-state index contributed by atoms with van der Waals surface area (Å²) >= 11 is 0. The lowest BCUT2D eigenvalue weighted by molar-refractivity contribution is 0.222. The number of imidazole rings is 1. The van der Waals surface area contributed by atoms with Gasteiger partial charge >= 0.3 is 0 Å². The third kappa shape index (κ3) is 4.29. The molecule has 0 bridgehead atoms. The predicted molar refractivity (Wildman–Crippen MR) is 113 cm³/mol. The lowest BCUT2D eigenvalue weighted by Gasteiger charge is -2.30. The molecule has 0 aliphatic carbocycles. The molecular formula is C22H27FN6. The van der Waals surface area contributed by atoms with Crippen molar-refractivity contribution in [1.82, 2.24) is 24.4 Å². The molecular weight excluding hydrogens is 367 g/mol. The van der Waals surface area contributed by atoms with E-state index in [9.17, 15) is 4.39 Å². The summed E-state index contributed by atoms with van der Waals surface area (Å²) in [5.41, 5.74) is 2.53. The zero-order valence-corrected chi connectivity index (χ0v) is 17.1. The molecule has 0 spiro atoms. The predicted octanol–water partition coefficient (Wildman–Crippen LogP) is 4.23. The number of hydrogen-bond acceptors (Lipinski definition) is 5. The third-order valence-corrected chi connectivity index (χ3v) is 5.30. The fraction of sp³-hybridized carbons (Fsp3) is 0.409. The highest BCUT2D eigenvalue weighted by molar-refractivity contribution is 5.75. The van der Waals surface area contributed by atoms with Crippen molar-refractivity contribution >= 4 is 5.82 Å². The fourth-order valence-electron chi connectivity index (χ4n) is 3.80. The Bertz CT molecular complexity index is 958. The van der Waals surface area contributed by atoms with Gasteiger partial charge in [0.2, 0.25) is 0 Å². The van der Waals surface area contributed by atoms with E-state index in [-0.39, 0.29) is 11.9 Å². The molecule has 3 heterocycles. The van der Waals surface area contributed by atoms with Gasteiger partial charge in [0.05, 0.1) is 12.0 Å². The number of piperidine rings is 1. The average molecular weight is 394 g/mol. The van der Waals surface area contributed by atoms with E-state index in [4.69, 9.17) is 9.97 Å². The minimum Gasteiger partial charge on any atom is -0.368 e. The molecule has 1 aliphatic heterocycles. The molecule has 4 rings (SSSR count). The number of hydrogen-bond donors (Lipinski definition) is 1. The van der Waals surface area contributed by atoms with Crippen LogP contribution in [0.5, 0.6) is 0 Å². The summed E-state index contributed by atoms with van der Waals surface area (Å²) in [5, 5.41) is 3.34. The standard InChI is InChI=1S/C22H27FN6/c1-15(2)26-19-8-11-24-22(27-19)21-20(16-4-6-17(23)7-5-16)25-14-29(21)18-9-12-28(3)13-10-18/h4-8,11,14-15,18H,9-10,12-13H2,1-3H3,(H,24,26,27). The van der Waals surface area contributed by atoms with Crippen molar-refractivity contribution in [2.45, 2.75) is 38.8 Å². The normalized spacial score (nSPS) is 15.8. The van der Waals surface area contributed by atoms with Gasteiger partial charge in [-0.15, -0.1) is 0 Å². The highest BCUT2D eigenvalue weighted by atomic mass is 19.1. The summed E-state index contributed by atoms with van der Waals surface area (Å²) in [6, 6.07) is 8.93. The van der Waals surface area contributed by atoms with Crippen LogP contribution in [0.1, 0.15) is 32.7 Å². The molecule has 6 nitrogen and oxygen atoms in total. The maximum atomic E-state index is 13.5. The number of aromatic nitrogens is 4. The van der Waals surface area contributed by atoms with Crippen LogP contribution in [-0.2, 0) is 0 Å². The Hall–Kier alpha value is -2.80. The summed E-state index contributed by atoms with van der Waals surface area (Å²) in [4.78, 5) is 16.4. The van der Waals surface area contributed by atoms with Gasteiger partial charge in [-0.1, -0.05) is 0 Å². The van der Waals surface area contributed by atoms with Crippen LogP contribution in [0.15, 0.2) is 42.9 Å². The molecule has 29 heavy (non-hydrogen) atoms. The van der Waals surface area contributed by atoms with Crippen molar-refractivity contribution in [2.75, 3.05) is 25.5 Å². The van der Waals surface area contributed by atoms with Gasteiger partial charge in [0.25, 0.3) is 0 Å². The number of rotatable bonds is 5. The molecule has 152 valence electrons. The maximum absolute atomic E-state index is 13.5. The highest BCUT2D eigenvalue weighted by Crippen LogP contribution is 2.34. The van der Waals surface area contributed by atoms with Crippen molar-refractivity contribution < 1.29 is 4.39 Å². The molecule has 1 N–H and O–H groups in total. The van der Waals surface area contributed by atoms with Crippen LogP contribution in [0.4, 0.5) is 10.2 Å². The topological polar surface area (TPSA) is 58.9 Å². The summed E-state index contributed by atoms with van der Waals surface area (Å²) in [6.07, 6.45) is 5.75. The molecule has 0 amide bonds. The van der Waals surface area contributed by atoms with Gasteiger partial charge in [-0.05, 0) is 77.2 Å². The van der Waals surface area contributed by atoms with Crippen molar-refractivity contribution in [3.63, 3.8) is 0 Å². The molecule has 3 aromatic rings. The van der Waals surface area contributed by atoms with E-state index in [2.05, 4.69) is 40.7 Å². The molecule has 2 aromatic heterocycles. The van der Waals surface area contributed by atoms with Crippen molar-refractivity contribution in [3.8, 4) is 22.8 Å². The Morgan fingerprint density at radius 1 is 1.07 bits per heavy atom. The molecule has 0 atom stereocenters. The lowest BCUT2D eigenvalue weighted by Crippen LogP contribution is -2.31. The van der Waals surface area contributed by atoms with E-state index in [1.807, 2.05) is 12.4 Å². The maximum Gasteiger partial charge on any atom is 0.180 e. The Morgan fingerprint density at radius 2 is 1.79 bits per heavy atom. The van der Waals surface area contributed by atoms with Gasteiger partial charge in [-0.3, -0.25) is 0 Å². The average Bonchev–Trinajstić information content (AvgIpc) is 3.14. The van der Waals surface area contributed by atoms with Crippen LogP contribution in [-0.4, -0.2) is 50.6 Å². The Labute approximate surface area is 170 Å². The molecule has 0 unspecified atom stereocenters. The van der Waals surface area contributed by atoms with E-state index in [0.29, 0.717) is 11.9 Å². The van der Waals surface area contributed by atoms with Gasteiger partial charge < -0.3 is 14.8 Å². The molecule has 7 heteroatoms. The summed E-state index contributed by atoms with van der Waals surface area (Å²) in [6.45, 7) is 6.25. The van der Waals surface area contributed by atoms with Crippen molar-refractivity contribution in [3.05, 3.63) is 48.7 Å². The van der Waals surface area contributed by atoms with E-state index in [0.717, 1.165) is 48.7 Å². The van der Waals surface area contributed by atoms with Gasteiger partial charge in [-0.2, -0.15) is 0 Å². The van der Waals surface area contributed by atoms with Gasteiger partial charge in [0, 0.05) is 23.8 Å². The van der Waals surface area contributed by atoms with Gasteiger partial charge in [0.1, 0.15) is 17.3 Å². The molecule has 1 fully saturated rings. The Kier molecular flexibility index (Phi) is 5.58. The zero-order valence-electron chi connectivity index (χ0n) is 17.1. The van der Waals surface area contributed by atoms with Gasteiger partial charge in [-0.25, -0.2) is 19.3 Å². The molecule has 0 radical (unpaired) electrons. The highest BCUT2D eigenvalue weighted by Gasteiger charge is 2.25. The zero-order chi connectivity index (χ0) is 20.4. The monoisotopic (exact) mass is 394 g/mol. The lowest BCUT2D eigenvalue weighted by atomic mass is 10.0. The van der Waals surface area contributed by atoms with Crippen molar-refractivity contribution in [1.29, 1.82) is 0 Å². The second-order valence-corrected chi connectivity index (χ2v) is 7.95. The first-order chi connectivity index (χ1) is 14.0. The van der Waals surface area contributed by atoms with Crippen LogP contribution in [0.3, 0.4) is 0 Å². The van der Waals surface area contributed by atoms with Gasteiger partial charge in [0.15, 0.2) is 5.82 Å². The van der Waals surface area contributed by atoms with Crippen LogP contribution in [0.25, 0.3) is 22.8 Å². The van der Waals surface area contributed by atoms with E-state index in [1.165, 1.54) is 12.1 Å². The molecule has 1 saturated heterocycles. The Morgan fingerprint density at radius 3 is 2.48 bits per heavy atom. The van der Waals surface area contributed by atoms with Crippen LogP contribution < -0.4 is 5.32 Å². The summed E-state index contributed by atoms with van der Waals surface area (Å²) in [5.74, 6) is 1.15. The van der Waals surface area contributed by atoms with Crippen LogP contribution in [0.2, 0.25) is 0 Å². The second kappa shape index (κ2) is 8.29. The molecule has 1 aliphatic rings. The third-order valence-electron chi connectivity index (χ3n) is 5.30. The largest absolute Gasteiger partial charge is 0.368 e. The number of nitrogens with zero attached hydrogens (tertiary/aromatic N) is 5. The first kappa shape index (κ1) is 19.5. The molecule has 1 aromatic carbocycles. The van der Waals surface area contributed by atoms with E-state index in [1.54, 1.807) is 18.3 Å². The molecule has 0 saturated carbocycles. The Balaban J connectivity index is 1.80. The van der Waals surface area contributed by atoms with E-state index >= 15 is 0 Å². The summed E-state index contributed by atoms with van der Waals surface area (Å²) in [7, 11) is 2.15. The quantitative estimate of drug-likeness (QED) is 0.702. The number of anilines is 1. The number of nitrogens with one attached hydrogen (secondary N) is 1. The minimum atomic E-state index is -0.260. The second-order valence-electron chi connectivity index (χ2n) is 7.95. The first-order valence-corrected chi connectivity index (χ1v) is 10.1. The number of halogens is 1. The fourth-order valence-corrected chi connectivity index (χ4v) is 3.80. The number of benzene rings is 1. The minimum absolute atomic E-state index is 0.260. The summed E-state index contributed by atoms with van der Waals surface area (Å²) < 4.78 is 15.7. The first-order valence-electron chi connectivity index (χ1n) is 10.1. The SMILES string of the molecule is CC(C)Nc1ccnc(-c2c(-c3ccc(F)cc3)ncn2C2CCN(C)CC2)n1. The van der Waals surface area contributed by atoms with Crippen LogP contribution in [0, 0.1) is 5.82 Å². The smallest absolute Gasteiger partial charge is 0.180 e. The van der Waals surface area contributed by atoms with Crippen LogP contribution >= 0.6 is 0 Å².